The van der Waals surface area contributed by atoms with Crippen molar-refractivity contribution >= 4 is 63.4 Å². The number of aliphatic hydroxyl groups excluding tert-OH is 1. The lowest BCUT2D eigenvalue weighted by molar-refractivity contribution is -0.136. The van der Waals surface area contributed by atoms with Gasteiger partial charge in [0.1, 0.15) is 18.4 Å². The average Bonchev–Trinajstić information content (AvgIpc) is 2.91. The van der Waals surface area contributed by atoms with E-state index in [4.69, 9.17) is 24.2 Å². The molecule has 1 aliphatic heterocycles. The molecule has 0 unspecified atom stereocenters. The average molecular weight is 775 g/mol. The Kier molecular flexibility index (Phi) is 11.6. The number of rotatable bonds is 12. The summed E-state index contributed by atoms with van der Waals surface area (Å²) in [6.45, 7) is 3.57. The molecule has 14 heteroatoms. The molecule has 1 heterocycles. The second-order valence-electron chi connectivity index (χ2n) is 8.18. The Hall–Kier alpha value is -3.30. The number of nitrogens with one attached hydrogen (secondary N) is 3. The highest BCUT2D eigenvalue weighted by Gasteiger charge is 2.32. The number of nitrogens with zero attached hydrogens (tertiary/aromatic N) is 2. The Bertz CT molecular complexity index is 1340. The number of esters is 1. The maximum absolute atomic E-state index is 12.4. The molecule has 4 N–H and O–H groups in total. The molecule has 40 heavy (non-hydrogen) atoms. The normalized spacial score (nSPS) is 15.5. The van der Waals surface area contributed by atoms with Gasteiger partial charge in [0.2, 0.25) is 0 Å². The van der Waals surface area contributed by atoms with E-state index in [1.54, 1.807) is 31.3 Å². The number of carbonyl (C=O) groups is 2. The van der Waals surface area contributed by atoms with Gasteiger partial charge < -0.3 is 34.7 Å². The summed E-state index contributed by atoms with van der Waals surface area (Å²) < 4.78 is 23.5. The van der Waals surface area contributed by atoms with Gasteiger partial charge in [-0.2, -0.15) is 10.4 Å². The van der Waals surface area contributed by atoms with Crippen LogP contribution in [0.1, 0.15) is 31.0 Å². The molecule has 0 saturated carbocycles. The second kappa shape index (κ2) is 14.9. The summed E-state index contributed by atoms with van der Waals surface area (Å²) in [5.74, 6) is 0.782. The van der Waals surface area contributed by atoms with Crippen LogP contribution in [-0.4, -0.2) is 56.5 Å². The summed E-state index contributed by atoms with van der Waals surface area (Å²) in [4.78, 5) is 24.5. The predicted molar refractivity (Wildman–Crippen MR) is 162 cm³/mol. The third kappa shape index (κ3) is 8.11. The molecule has 0 fully saturated rings. The van der Waals surface area contributed by atoms with E-state index >= 15 is 0 Å². The molecule has 2 aromatic rings. The number of urea groups is 1. The van der Waals surface area contributed by atoms with E-state index < -0.39 is 24.3 Å². The topological polar surface area (TPSA) is 164 Å². The number of benzene rings is 2. The summed E-state index contributed by atoms with van der Waals surface area (Å²) in [6.07, 6.45) is 0.408. The second-order valence-corrected chi connectivity index (χ2v) is 10.5. The molecule has 3 rings (SSSR count). The molecule has 0 aromatic heterocycles. The van der Waals surface area contributed by atoms with Crippen molar-refractivity contribution in [3.05, 3.63) is 59.9 Å². The first-order valence-corrected chi connectivity index (χ1v) is 14.1. The number of aliphatic hydroxyl groups is 1. The lowest BCUT2D eigenvalue weighted by Crippen LogP contribution is -2.45. The summed E-state index contributed by atoms with van der Waals surface area (Å²) in [7, 11) is 1.27. The van der Waals surface area contributed by atoms with E-state index in [0.29, 0.717) is 35.1 Å². The molecule has 1 aliphatic rings. The maximum atomic E-state index is 12.4. The zero-order valence-corrected chi connectivity index (χ0v) is 26.1. The fourth-order valence-electron chi connectivity index (χ4n) is 3.72. The Morgan fingerprint density at radius 1 is 1.23 bits per heavy atom. The molecule has 0 saturated heterocycles. The first kappa shape index (κ1) is 31.2. The van der Waals surface area contributed by atoms with Gasteiger partial charge in [0, 0.05) is 5.70 Å². The summed E-state index contributed by atoms with van der Waals surface area (Å²) in [5.41, 5.74) is 4.62. The molecule has 212 valence electrons. The number of hydrazone groups is 1. The van der Waals surface area contributed by atoms with E-state index in [9.17, 15) is 14.7 Å². The van der Waals surface area contributed by atoms with E-state index in [0.717, 1.165) is 12.7 Å². The van der Waals surface area contributed by atoms with Crippen molar-refractivity contribution in [3.63, 3.8) is 0 Å². The maximum Gasteiger partial charge on any atom is 0.337 e. The van der Waals surface area contributed by atoms with Crippen LogP contribution >= 0.6 is 45.2 Å². The third-order valence-corrected chi connectivity index (χ3v) is 7.01. The molecular formula is C26H27I2N5O7. The molecule has 2 atom stereocenters. The minimum absolute atomic E-state index is 0.0409. The van der Waals surface area contributed by atoms with Crippen molar-refractivity contribution < 1.29 is 33.6 Å². The van der Waals surface area contributed by atoms with Gasteiger partial charge in [-0.15, -0.1) is 0 Å². The minimum atomic E-state index is -1.14. The number of nitriles is 1. The van der Waals surface area contributed by atoms with Crippen molar-refractivity contribution in [2.45, 2.75) is 26.1 Å². The van der Waals surface area contributed by atoms with E-state index in [1.165, 1.54) is 7.11 Å². The van der Waals surface area contributed by atoms with E-state index in [-0.39, 0.29) is 18.8 Å². The fourth-order valence-corrected chi connectivity index (χ4v) is 5.84. The quantitative estimate of drug-likeness (QED) is 0.0834. The van der Waals surface area contributed by atoms with E-state index in [1.807, 2.05) is 25.1 Å². The highest BCUT2D eigenvalue weighted by molar-refractivity contribution is 14.1. The molecule has 2 aromatic carbocycles. The number of carbonyl (C=O) groups excluding carboxylic acids is 2. The van der Waals surface area contributed by atoms with Crippen LogP contribution in [0.15, 0.2) is 46.7 Å². The molecular weight excluding hydrogens is 748 g/mol. The van der Waals surface area contributed by atoms with Crippen molar-refractivity contribution in [3.8, 4) is 23.3 Å². The molecule has 12 nitrogen and oxygen atoms in total. The van der Waals surface area contributed by atoms with Gasteiger partial charge in [-0.1, -0.05) is 6.07 Å². The number of hydrogen-bond acceptors (Lipinski definition) is 10. The van der Waals surface area contributed by atoms with Crippen molar-refractivity contribution in [1.29, 1.82) is 5.26 Å². The number of allylic oxidation sites excluding steroid dienone is 1. The van der Waals surface area contributed by atoms with Crippen molar-refractivity contribution in [1.82, 2.24) is 16.1 Å². The highest BCUT2D eigenvalue weighted by atomic mass is 127. The van der Waals surface area contributed by atoms with Crippen molar-refractivity contribution in [2.75, 3.05) is 26.9 Å². The standard InChI is InChI=1S/C26H27I2N5O7/c1-4-38-20-11-16(23-22(25(35)37-3)14(2)31-26(36)32-23)5-6-19(20)40-13-21(34)33-30-12-15-9-17(27)24(18(28)10-15)39-8-7-29/h5-6,9-12,21,23,33-34H,4,8,13H2,1-3H3,(H2,31,32,36)/b30-12-/t21-,23+/m1/s1. The van der Waals surface area contributed by atoms with E-state index in [2.05, 4.69) is 66.3 Å². The highest BCUT2D eigenvalue weighted by Crippen LogP contribution is 2.35. The molecule has 0 bridgehead atoms. The van der Waals surface area contributed by atoms with Crippen LogP contribution in [0.3, 0.4) is 0 Å². The lowest BCUT2D eigenvalue weighted by Gasteiger charge is -2.28. The van der Waals surface area contributed by atoms with Gasteiger partial charge in [-0.05, 0) is 94.4 Å². The predicted octanol–water partition coefficient (Wildman–Crippen LogP) is 3.32. The Balaban J connectivity index is 1.68. The van der Waals surface area contributed by atoms with Gasteiger partial charge in [0.25, 0.3) is 0 Å². The molecule has 0 spiro atoms. The number of halogens is 2. The van der Waals surface area contributed by atoms with Crippen LogP contribution in [0, 0.1) is 18.5 Å². The fraction of sp³-hybridized carbons (Fsp3) is 0.308. The van der Waals surface area contributed by atoms with Gasteiger partial charge in [0.05, 0.1) is 38.7 Å². The van der Waals surface area contributed by atoms with Crippen LogP contribution in [-0.2, 0) is 9.53 Å². The zero-order valence-electron chi connectivity index (χ0n) is 21.8. The summed E-state index contributed by atoms with van der Waals surface area (Å²) >= 11 is 4.24. The van der Waals surface area contributed by atoms with Crippen LogP contribution in [0.2, 0.25) is 0 Å². The zero-order chi connectivity index (χ0) is 29.2. The van der Waals surface area contributed by atoms with Gasteiger partial charge >= 0.3 is 12.0 Å². The lowest BCUT2D eigenvalue weighted by atomic mass is 9.95. The summed E-state index contributed by atoms with van der Waals surface area (Å²) in [5, 5.41) is 28.5. The van der Waals surface area contributed by atoms with Gasteiger partial charge in [-0.25, -0.2) is 9.59 Å². The summed E-state index contributed by atoms with van der Waals surface area (Å²) in [6, 6.07) is 9.41. The molecule has 0 radical (unpaired) electrons. The molecule has 2 amide bonds. The minimum Gasteiger partial charge on any atom is -0.490 e. The van der Waals surface area contributed by atoms with Crippen LogP contribution in [0.5, 0.6) is 17.2 Å². The van der Waals surface area contributed by atoms with Gasteiger partial charge in [0.15, 0.2) is 24.3 Å². The molecule has 0 aliphatic carbocycles. The Labute approximate surface area is 258 Å². The van der Waals surface area contributed by atoms with Crippen LogP contribution < -0.4 is 30.3 Å². The number of amides is 2. The van der Waals surface area contributed by atoms with Crippen LogP contribution in [0.25, 0.3) is 0 Å². The third-order valence-electron chi connectivity index (χ3n) is 5.41. The Morgan fingerprint density at radius 2 is 1.95 bits per heavy atom. The number of methoxy groups -OCH3 is 1. The van der Waals surface area contributed by atoms with Crippen LogP contribution in [0.4, 0.5) is 4.79 Å². The van der Waals surface area contributed by atoms with Gasteiger partial charge in [-0.3, -0.25) is 5.43 Å². The number of hydrogen-bond donors (Lipinski definition) is 4. The first-order chi connectivity index (χ1) is 19.2. The largest absolute Gasteiger partial charge is 0.490 e. The monoisotopic (exact) mass is 775 g/mol. The SMILES string of the molecule is CCOc1cc([C@@H]2NC(=O)NC(C)=C2C(=O)OC)ccc1OC[C@@H](O)N/N=C\c1cc(I)c(OCC#N)c(I)c1. The Morgan fingerprint density at radius 3 is 2.60 bits per heavy atom. The smallest absolute Gasteiger partial charge is 0.337 e. The number of ether oxygens (including phenoxy) is 4. The van der Waals surface area contributed by atoms with Crippen molar-refractivity contribution in [2.24, 2.45) is 5.10 Å². The first-order valence-electron chi connectivity index (χ1n) is 11.9.